The Morgan fingerprint density at radius 2 is 2.00 bits per heavy atom. The van der Waals surface area contributed by atoms with Crippen LogP contribution in [0.5, 0.6) is 0 Å². The Hall–Kier alpha value is -0.120. The second kappa shape index (κ2) is 5.10. The molecule has 1 aliphatic heterocycles. The van der Waals surface area contributed by atoms with E-state index in [1.54, 1.807) is 0 Å². The summed E-state index contributed by atoms with van der Waals surface area (Å²) in [5, 5.41) is 10.2. The minimum absolute atomic E-state index is 0.324. The Labute approximate surface area is 86.4 Å². The van der Waals surface area contributed by atoms with Crippen molar-refractivity contribution in [3.8, 4) is 0 Å². The SMILES string of the molecule is CCOC(C)(C)C(O)C1CCOCC1. The van der Waals surface area contributed by atoms with Gasteiger partial charge in [0.1, 0.15) is 0 Å². The standard InChI is InChI=1S/C11H22O3/c1-4-14-11(2,3)10(12)9-5-7-13-8-6-9/h9-10,12H,4-8H2,1-3H3. The fourth-order valence-electron chi connectivity index (χ4n) is 2.06. The maximum atomic E-state index is 10.2. The third kappa shape index (κ3) is 2.94. The van der Waals surface area contributed by atoms with Crippen LogP contribution in [0.3, 0.4) is 0 Å². The zero-order chi connectivity index (χ0) is 10.6. The maximum Gasteiger partial charge on any atom is 0.0886 e. The molecule has 0 spiro atoms. The second-order valence-electron chi connectivity index (χ2n) is 4.43. The van der Waals surface area contributed by atoms with Gasteiger partial charge in [-0.1, -0.05) is 0 Å². The molecule has 0 bridgehead atoms. The minimum Gasteiger partial charge on any atom is -0.390 e. The van der Waals surface area contributed by atoms with Crippen molar-refractivity contribution >= 4 is 0 Å². The molecule has 0 aliphatic carbocycles. The van der Waals surface area contributed by atoms with Gasteiger partial charge in [0.25, 0.3) is 0 Å². The predicted molar refractivity (Wildman–Crippen MR) is 55.3 cm³/mol. The lowest BCUT2D eigenvalue weighted by atomic mass is 9.84. The van der Waals surface area contributed by atoms with Gasteiger partial charge in [-0.15, -0.1) is 0 Å². The quantitative estimate of drug-likeness (QED) is 0.752. The highest BCUT2D eigenvalue weighted by atomic mass is 16.5. The maximum absolute atomic E-state index is 10.2. The molecule has 1 atom stereocenters. The van der Waals surface area contributed by atoms with Crippen molar-refractivity contribution in [1.82, 2.24) is 0 Å². The fourth-order valence-corrected chi connectivity index (χ4v) is 2.06. The van der Waals surface area contributed by atoms with E-state index in [9.17, 15) is 5.11 Å². The first-order valence-corrected chi connectivity index (χ1v) is 5.47. The Kier molecular flexibility index (Phi) is 4.35. The van der Waals surface area contributed by atoms with Crippen molar-refractivity contribution in [1.29, 1.82) is 0 Å². The smallest absolute Gasteiger partial charge is 0.0886 e. The third-order valence-electron chi connectivity index (χ3n) is 2.94. The summed E-state index contributed by atoms with van der Waals surface area (Å²) in [5.74, 6) is 0.324. The number of rotatable bonds is 4. The van der Waals surface area contributed by atoms with Crippen molar-refractivity contribution in [2.75, 3.05) is 19.8 Å². The summed E-state index contributed by atoms with van der Waals surface area (Å²) in [6.07, 6.45) is 1.50. The predicted octanol–water partition coefficient (Wildman–Crippen LogP) is 1.59. The minimum atomic E-state index is -0.434. The highest BCUT2D eigenvalue weighted by Crippen LogP contribution is 2.28. The van der Waals surface area contributed by atoms with Crippen LogP contribution in [-0.4, -0.2) is 36.6 Å². The van der Waals surface area contributed by atoms with Gasteiger partial charge < -0.3 is 14.6 Å². The molecule has 1 saturated heterocycles. The van der Waals surface area contributed by atoms with Gasteiger partial charge in [-0.05, 0) is 39.5 Å². The average Bonchev–Trinajstić information content (AvgIpc) is 2.18. The van der Waals surface area contributed by atoms with Gasteiger partial charge in [-0.3, -0.25) is 0 Å². The van der Waals surface area contributed by atoms with Crippen LogP contribution < -0.4 is 0 Å². The van der Waals surface area contributed by atoms with E-state index >= 15 is 0 Å². The van der Waals surface area contributed by atoms with Gasteiger partial charge in [-0.2, -0.15) is 0 Å². The molecular formula is C11H22O3. The molecule has 84 valence electrons. The van der Waals surface area contributed by atoms with E-state index in [0.717, 1.165) is 26.1 Å². The van der Waals surface area contributed by atoms with E-state index in [1.165, 1.54) is 0 Å². The van der Waals surface area contributed by atoms with Gasteiger partial charge in [0, 0.05) is 19.8 Å². The Balaban J connectivity index is 2.48. The van der Waals surface area contributed by atoms with Crippen molar-refractivity contribution in [3.05, 3.63) is 0 Å². The van der Waals surface area contributed by atoms with Crippen LogP contribution in [0.4, 0.5) is 0 Å². The van der Waals surface area contributed by atoms with Crippen LogP contribution in [0.15, 0.2) is 0 Å². The third-order valence-corrected chi connectivity index (χ3v) is 2.94. The molecule has 1 rings (SSSR count). The summed E-state index contributed by atoms with van der Waals surface area (Å²) in [7, 11) is 0. The van der Waals surface area contributed by atoms with Crippen LogP contribution in [0.25, 0.3) is 0 Å². The van der Waals surface area contributed by atoms with E-state index in [0.29, 0.717) is 12.5 Å². The van der Waals surface area contributed by atoms with E-state index in [2.05, 4.69) is 0 Å². The first kappa shape index (κ1) is 12.0. The topological polar surface area (TPSA) is 38.7 Å². The van der Waals surface area contributed by atoms with E-state index in [4.69, 9.17) is 9.47 Å². The molecule has 0 aromatic rings. The van der Waals surface area contributed by atoms with E-state index in [1.807, 2.05) is 20.8 Å². The van der Waals surface area contributed by atoms with Crippen LogP contribution >= 0.6 is 0 Å². The molecular weight excluding hydrogens is 180 g/mol. The molecule has 1 unspecified atom stereocenters. The number of aliphatic hydroxyl groups excluding tert-OH is 1. The Bertz CT molecular complexity index is 162. The normalized spacial score (nSPS) is 22.3. The van der Waals surface area contributed by atoms with Gasteiger partial charge in [0.05, 0.1) is 11.7 Å². The second-order valence-corrected chi connectivity index (χ2v) is 4.43. The first-order valence-electron chi connectivity index (χ1n) is 5.47. The Morgan fingerprint density at radius 1 is 1.43 bits per heavy atom. The first-order chi connectivity index (χ1) is 6.58. The number of ether oxygens (including phenoxy) is 2. The average molecular weight is 202 g/mol. The van der Waals surface area contributed by atoms with Crippen LogP contribution in [-0.2, 0) is 9.47 Å². The van der Waals surface area contributed by atoms with Crippen molar-refractivity contribution in [2.24, 2.45) is 5.92 Å². The van der Waals surface area contributed by atoms with Crippen LogP contribution in [0, 0.1) is 5.92 Å². The number of aliphatic hydroxyl groups is 1. The number of hydrogen-bond donors (Lipinski definition) is 1. The molecule has 0 saturated carbocycles. The van der Waals surface area contributed by atoms with Crippen molar-refractivity contribution in [3.63, 3.8) is 0 Å². The molecule has 3 nitrogen and oxygen atoms in total. The van der Waals surface area contributed by atoms with Crippen molar-refractivity contribution in [2.45, 2.75) is 45.3 Å². The Morgan fingerprint density at radius 3 is 2.50 bits per heavy atom. The zero-order valence-corrected chi connectivity index (χ0v) is 9.45. The summed E-state index contributed by atoms with van der Waals surface area (Å²) >= 11 is 0. The largest absolute Gasteiger partial charge is 0.390 e. The summed E-state index contributed by atoms with van der Waals surface area (Å²) in [5.41, 5.74) is -0.434. The molecule has 3 heteroatoms. The zero-order valence-electron chi connectivity index (χ0n) is 9.45. The molecule has 0 radical (unpaired) electrons. The molecule has 1 aliphatic rings. The fraction of sp³-hybridized carbons (Fsp3) is 1.00. The number of hydrogen-bond acceptors (Lipinski definition) is 3. The van der Waals surface area contributed by atoms with Gasteiger partial charge in [0.2, 0.25) is 0 Å². The lowest BCUT2D eigenvalue weighted by molar-refractivity contribution is -0.131. The van der Waals surface area contributed by atoms with Gasteiger partial charge in [-0.25, -0.2) is 0 Å². The molecule has 1 N–H and O–H groups in total. The van der Waals surface area contributed by atoms with Gasteiger partial charge in [0.15, 0.2) is 0 Å². The highest BCUT2D eigenvalue weighted by molar-refractivity contribution is 4.85. The highest BCUT2D eigenvalue weighted by Gasteiger charge is 2.35. The molecule has 0 aromatic carbocycles. The summed E-state index contributed by atoms with van der Waals surface area (Å²) < 4.78 is 10.8. The molecule has 1 heterocycles. The monoisotopic (exact) mass is 202 g/mol. The van der Waals surface area contributed by atoms with Crippen LogP contribution in [0.2, 0.25) is 0 Å². The van der Waals surface area contributed by atoms with Crippen molar-refractivity contribution < 1.29 is 14.6 Å². The molecule has 1 fully saturated rings. The molecule has 14 heavy (non-hydrogen) atoms. The summed E-state index contributed by atoms with van der Waals surface area (Å²) in [6.45, 7) is 8.05. The lowest BCUT2D eigenvalue weighted by Crippen LogP contribution is -2.45. The van der Waals surface area contributed by atoms with Crippen LogP contribution in [0.1, 0.15) is 33.6 Å². The summed E-state index contributed by atoms with van der Waals surface area (Å²) in [4.78, 5) is 0. The lowest BCUT2D eigenvalue weighted by Gasteiger charge is -2.37. The van der Waals surface area contributed by atoms with E-state index in [-0.39, 0.29) is 6.10 Å². The molecule has 0 aromatic heterocycles. The van der Waals surface area contributed by atoms with Gasteiger partial charge >= 0.3 is 0 Å². The molecule has 0 amide bonds. The summed E-state index contributed by atoms with van der Waals surface area (Å²) in [6, 6.07) is 0. The van der Waals surface area contributed by atoms with E-state index < -0.39 is 5.60 Å².